The average Bonchev–Trinajstić information content (AvgIpc) is 3.31. The number of Topliss-reactive ketones (excluding diaryl/α,β-unsaturated/α-hetero) is 1. The standard InChI is InChI=1S/C15H14N2OS.C8H16O2.C8H16O/c1-10(2)18-15-14(13-8-5-9-19-13)16-11-6-3-4-7-12(11)17-15;1-6(2)7(9)10-8(3,4)5;1-6(2)7(9)8(3,4)5/h3-10H,1-2H3;6H,1-5H3;6H,1-5H3. The van der Waals surface area contributed by atoms with Gasteiger partial charge in [-0.25, -0.2) is 9.97 Å². The van der Waals surface area contributed by atoms with Gasteiger partial charge in [-0.1, -0.05) is 66.7 Å². The summed E-state index contributed by atoms with van der Waals surface area (Å²) >= 11 is 1.64. The number of hydrogen-bond donors (Lipinski definition) is 0. The number of para-hydroxylation sites is 2. The lowest BCUT2D eigenvalue weighted by Crippen LogP contribution is -2.26. The van der Waals surface area contributed by atoms with E-state index in [-0.39, 0.29) is 34.9 Å². The van der Waals surface area contributed by atoms with Crippen LogP contribution in [0.5, 0.6) is 5.88 Å². The van der Waals surface area contributed by atoms with Crippen LogP contribution in [0, 0.1) is 17.3 Å². The SMILES string of the molecule is CC(C)C(=O)C(C)(C)C.CC(C)C(=O)OC(C)(C)C.CC(C)Oc1nc2ccccc2nc1-c1cccs1. The summed E-state index contributed by atoms with van der Waals surface area (Å²) in [6.45, 7) is 23.0. The predicted molar refractivity (Wildman–Crippen MR) is 159 cm³/mol. The molecule has 6 nitrogen and oxygen atoms in total. The first-order valence-corrected chi connectivity index (χ1v) is 14.0. The zero-order chi connectivity index (χ0) is 29.3. The highest BCUT2D eigenvalue weighted by Crippen LogP contribution is 2.32. The summed E-state index contributed by atoms with van der Waals surface area (Å²) in [5, 5.41) is 2.03. The Morgan fingerprint density at radius 3 is 1.68 bits per heavy atom. The van der Waals surface area contributed by atoms with E-state index in [4.69, 9.17) is 14.5 Å². The molecule has 2 aromatic heterocycles. The second-order valence-corrected chi connectivity index (χ2v) is 12.9. The van der Waals surface area contributed by atoms with E-state index < -0.39 is 0 Å². The third kappa shape index (κ3) is 11.7. The number of hydrogen-bond acceptors (Lipinski definition) is 7. The Morgan fingerprint density at radius 1 is 0.789 bits per heavy atom. The highest BCUT2D eigenvalue weighted by molar-refractivity contribution is 7.13. The molecule has 0 spiro atoms. The Kier molecular flexibility index (Phi) is 12.6. The van der Waals surface area contributed by atoms with Crippen molar-refractivity contribution in [3.8, 4) is 16.5 Å². The molecule has 0 aliphatic carbocycles. The second-order valence-electron chi connectivity index (χ2n) is 12.0. The first-order chi connectivity index (χ1) is 17.4. The van der Waals surface area contributed by atoms with Gasteiger partial charge < -0.3 is 9.47 Å². The normalized spacial score (nSPS) is 11.6. The number of carbonyl (C=O) groups is 2. The molecule has 0 bridgehead atoms. The lowest BCUT2D eigenvalue weighted by molar-refractivity contribution is -0.158. The highest BCUT2D eigenvalue weighted by Gasteiger charge is 2.23. The third-order valence-corrected chi connectivity index (χ3v) is 5.66. The van der Waals surface area contributed by atoms with Crippen molar-refractivity contribution in [2.75, 3.05) is 0 Å². The fourth-order valence-electron chi connectivity index (χ4n) is 3.15. The topological polar surface area (TPSA) is 78.4 Å². The summed E-state index contributed by atoms with van der Waals surface area (Å²) in [6.07, 6.45) is 0.0779. The number of aromatic nitrogens is 2. The Labute approximate surface area is 233 Å². The number of fused-ring (bicyclic) bond motifs is 1. The van der Waals surface area contributed by atoms with Gasteiger partial charge in [0.05, 0.1) is 27.9 Å². The van der Waals surface area contributed by atoms with Crippen LogP contribution in [0.4, 0.5) is 0 Å². The van der Waals surface area contributed by atoms with Crippen molar-refractivity contribution < 1.29 is 19.1 Å². The monoisotopic (exact) mass is 542 g/mol. The largest absolute Gasteiger partial charge is 0.473 e. The zero-order valence-electron chi connectivity index (χ0n) is 25.2. The fraction of sp³-hybridized carbons (Fsp3) is 0.548. The van der Waals surface area contributed by atoms with Gasteiger partial charge in [-0.05, 0) is 58.2 Å². The summed E-state index contributed by atoms with van der Waals surface area (Å²) in [7, 11) is 0. The molecular formula is C31H46N2O4S. The van der Waals surface area contributed by atoms with E-state index in [0.29, 0.717) is 11.7 Å². The van der Waals surface area contributed by atoms with Crippen molar-refractivity contribution in [1.82, 2.24) is 9.97 Å². The smallest absolute Gasteiger partial charge is 0.308 e. The van der Waals surface area contributed by atoms with Crippen LogP contribution >= 0.6 is 11.3 Å². The molecule has 0 saturated carbocycles. The molecule has 0 N–H and O–H groups in total. The van der Waals surface area contributed by atoms with Gasteiger partial charge in [0.25, 0.3) is 0 Å². The van der Waals surface area contributed by atoms with E-state index in [1.165, 1.54) is 0 Å². The number of esters is 1. The maximum Gasteiger partial charge on any atom is 0.308 e. The third-order valence-electron chi connectivity index (χ3n) is 4.78. The molecule has 1 aromatic carbocycles. The highest BCUT2D eigenvalue weighted by atomic mass is 32.1. The van der Waals surface area contributed by atoms with Gasteiger partial charge in [-0.15, -0.1) is 11.3 Å². The molecule has 0 aliphatic rings. The lowest BCUT2D eigenvalue weighted by Gasteiger charge is -2.20. The minimum atomic E-state index is -0.346. The number of benzene rings is 1. The van der Waals surface area contributed by atoms with Crippen LogP contribution in [0.1, 0.15) is 83.1 Å². The Bertz CT molecular complexity index is 1150. The van der Waals surface area contributed by atoms with Crippen molar-refractivity contribution in [2.45, 2.75) is 94.8 Å². The number of thiophene rings is 1. The Morgan fingerprint density at radius 2 is 1.34 bits per heavy atom. The van der Waals surface area contributed by atoms with Crippen molar-refractivity contribution >= 4 is 34.1 Å². The predicted octanol–water partition coefficient (Wildman–Crippen LogP) is 8.39. The first kappa shape index (κ1) is 33.2. The summed E-state index contributed by atoms with van der Waals surface area (Å²) in [6, 6.07) is 11.9. The molecule has 3 rings (SSSR count). The number of ketones is 1. The van der Waals surface area contributed by atoms with Crippen LogP contribution < -0.4 is 4.74 Å². The molecule has 38 heavy (non-hydrogen) atoms. The molecule has 0 aliphatic heterocycles. The number of ether oxygens (including phenoxy) is 2. The molecule has 0 unspecified atom stereocenters. The molecule has 7 heteroatoms. The summed E-state index contributed by atoms with van der Waals surface area (Å²) in [5.41, 5.74) is 2.07. The van der Waals surface area contributed by atoms with Crippen LogP contribution in [0.15, 0.2) is 41.8 Å². The van der Waals surface area contributed by atoms with Crippen LogP contribution in [0.3, 0.4) is 0 Å². The second kappa shape index (κ2) is 14.4. The molecule has 2 heterocycles. The summed E-state index contributed by atoms with van der Waals surface area (Å²) in [5.74, 6) is 0.954. The minimum absolute atomic E-state index is 0.0285. The van der Waals surface area contributed by atoms with Gasteiger partial charge >= 0.3 is 5.97 Å². The van der Waals surface area contributed by atoms with E-state index in [0.717, 1.165) is 21.6 Å². The molecule has 210 valence electrons. The van der Waals surface area contributed by atoms with Gasteiger partial charge in [0.2, 0.25) is 5.88 Å². The van der Waals surface area contributed by atoms with E-state index >= 15 is 0 Å². The molecule has 0 fully saturated rings. The van der Waals surface area contributed by atoms with Gasteiger partial charge in [0, 0.05) is 11.3 Å². The van der Waals surface area contributed by atoms with E-state index in [2.05, 4.69) is 4.98 Å². The van der Waals surface area contributed by atoms with Crippen LogP contribution in [0.25, 0.3) is 21.6 Å². The van der Waals surface area contributed by atoms with E-state index in [9.17, 15) is 9.59 Å². The van der Waals surface area contributed by atoms with Gasteiger partial charge in [0.1, 0.15) is 17.1 Å². The fourth-order valence-corrected chi connectivity index (χ4v) is 3.85. The van der Waals surface area contributed by atoms with E-state index in [1.807, 2.05) is 125 Å². The Hall–Kier alpha value is -2.80. The summed E-state index contributed by atoms with van der Waals surface area (Å²) < 4.78 is 10.9. The average molecular weight is 543 g/mol. The maximum absolute atomic E-state index is 11.2. The number of carbonyl (C=O) groups excluding carboxylic acids is 2. The van der Waals surface area contributed by atoms with Gasteiger partial charge in [-0.2, -0.15) is 0 Å². The van der Waals surface area contributed by atoms with Crippen LogP contribution in [-0.4, -0.2) is 33.4 Å². The van der Waals surface area contributed by atoms with Crippen LogP contribution in [0.2, 0.25) is 0 Å². The lowest BCUT2D eigenvalue weighted by atomic mass is 9.85. The van der Waals surface area contributed by atoms with Crippen molar-refractivity contribution in [3.05, 3.63) is 41.8 Å². The van der Waals surface area contributed by atoms with Gasteiger partial charge in [-0.3, -0.25) is 9.59 Å². The molecule has 3 aromatic rings. The zero-order valence-corrected chi connectivity index (χ0v) is 26.0. The maximum atomic E-state index is 11.2. The molecular weight excluding hydrogens is 496 g/mol. The molecule has 0 atom stereocenters. The first-order valence-electron chi connectivity index (χ1n) is 13.2. The Balaban J connectivity index is 0.000000323. The molecule has 0 amide bonds. The van der Waals surface area contributed by atoms with Crippen molar-refractivity contribution in [1.29, 1.82) is 0 Å². The van der Waals surface area contributed by atoms with Crippen LogP contribution in [-0.2, 0) is 14.3 Å². The molecule has 0 radical (unpaired) electrons. The quantitative estimate of drug-likeness (QED) is 0.301. The van der Waals surface area contributed by atoms with Crippen molar-refractivity contribution in [2.24, 2.45) is 17.3 Å². The van der Waals surface area contributed by atoms with E-state index in [1.54, 1.807) is 11.3 Å². The number of nitrogens with zero attached hydrogens (tertiary/aromatic N) is 2. The summed E-state index contributed by atoms with van der Waals surface area (Å²) in [4.78, 5) is 32.5. The van der Waals surface area contributed by atoms with Crippen molar-refractivity contribution in [3.63, 3.8) is 0 Å². The van der Waals surface area contributed by atoms with Gasteiger partial charge in [0.15, 0.2) is 0 Å². The molecule has 0 saturated heterocycles. The minimum Gasteiger partial charge on any atom is -0.473 e. The number of rotatable bonds is 5.